The molecule has 6 heteroatoms. The van der Waals surface area contributed by atoms with Crippen molar-refractivity contribution in [3.8, 4) is 0 Å². The lowest BCUT2D eigenvalue weighted by Gasteiger charge is -2.08. The van der Waals surface area contributed by atoms with Gasteiger partial charge in [0.05, 0.1) is 0 Å². The summed E-state index contributed by atoms with van der Waals surface area (Å²) in [5.41, 5.74) is 5.86. The second-order valence-corrected chi connectivity index (χ2v) is 6.12. The lowest BCUT2D eigenvalue weighted by atomic mass is 10.1. The number of fused-ring (bicyclic) bond motifs is 1. The Morgan fingerprint density at radius 2 is 2.19 bits per heavy atom. The molecule has 0 saturated carbocycles. The average molecular weight is 292 g/mol. The zero-order chi connectivity index (χ0) is 15.1. The Kier molecular flexibility index (Phi) is 6.02. The SMILES string of the molecule is CC(C)CCN=C(N)NCCc1nnc2n1CCCCC2. The molecule has 2 heterocycles. The molecule has 0 atom stereocenters. The van der Waals surface area contributed by atoms with E-state index in [1.807, 2.05) is 0 Å². The lowest BCUT2D eigenvalue weighted by Crippen LogP contribution is -2.33. The van der Waals surface area contributed by atoms with Crippen LogP contribution in [0.3, 0.4) is 0 Å². The number of rotatable bonds is 6. The summed E-state index contributed by atoms with van der Waals surface area (Å²) in [5.74, 6) is 3.40. The zero-order valence-electron chi connectivity index (χ0n) is 13.3. The van der Waals surface area contributed by atoms with E-state index >= 15 is 0 Å². The van der Waals surface area contributed by atoms with Gasteiger partial charge in [0, 0.05) is 32.5 Å². The van der Waals surface area contributed by atoms with Crippen molar-refractivity contribution in [2.24, 2.45) is 16.6 Å². The normalized spacial score (nSPS) is 15.9. The van der Waals surface area contributed by atoms with Crippen molar-refractivity contribution >= 4 is 5.96 Å². The standard InChI is InChI=1S/C15H28N6/c1-12(2)7-9-17-15(16)18-10-8-14-20-19-13-6-4-3-5-11-21(13)14/h12H,3-11H2,1-2H3,(H3,16,17,18). The highest BCUT2D eigenvalue weighted by Crippen LogP contribution is 2.14. The van der Waals surface area contributed by atoms with E-state index in [0.717, 1.165) is 50.5 Å². The largest absolute Gasteiger partial charge is 0.370 e. The summed E-state index contributed by atoms with van der Waals surface area (Å²) in [5, 5.41) is 11.8. The molecule has 0 radical (unpaired) electrons. The third kappa shape index (κ3) is 5.02. The number of aliphatic imine (C=N–C) groups is 1. The number of nitrogens with two attached hydrogens (primary N) is 1. The van der Waals surface area contributed by atoms with Gasteiger partial charge >= 0.3 is 0 Å². The van der Waals surface area contributed by atoms with Crippen LogP contribution in [0.25, 0.3) is 0 Å². The quantitative estimate of drug-likeness (QED) is 0.615. The molecule has 1 aliphatic rings. The Bertz CT molecular complexity index is 463. The number of aryl methyl sites for hydroxylation is 1. The van der Waals surface area contributed by atoms with E-state index in [-0.39, 0.29) is 0 Å². The Balaban J connectivity index is 1.77. The summed E-state index contributed by atoms with van der Waals surface area (Å²) < 4.78 is 2.28. The van der Waals surface area contributed by atoms with Gasteiger partial charge in [-0.1, -0.05) is 20.3 Å². The van der Waals surface area contributed by atoms with Crippen LogP contribution in [-0.4, -0.2) is 33.8 Å². The van der Waals surface area contributed by atoms with Crippen LogP contribution in [0.4, 0.5) is 0 Å². The highest BCUT2D eigenvalue weighted by Gasteiger charge is 2.14. The van der Waals surface area contributed by atoms with Gasteiger partial charge in [0.2, 0.25) is 0 Å². The molecule has 0 aromatic carbocycles. The van der Waals surface area contributed by atoms with E-state index in [1.165, 1.54) is 19.3 Å². The Labute approximate surface area is 127 Å². The lowest BCUT2D eigenvalue weighted by molar-refractivity contribution is 0.593. The van der Waals surface area contributed by atoms with Crippen LogP contribution in [0.15, 0.2) is 4.99 Å². The van der Waals surface area contributed by atoms with Gasteiger partial charge in [0.1, 0.15) is 11.6 Å². The molecule has 21 heavy (non-hydrogen) atoms. The van der Waals surface area contributed by atoms with Gasteiger partial charge in [-0.3, -0.25) is 4.99 Å². The van der Waals surface area contributed by atoms with Crippen LogP contribution >= 0.6 is 0 Å². The first-order valence-corrected chi connectivity index (χ1v) is 8.11. The van der Waals surface area contributed by atoms with Gasteiger partial charge in [-0.05, 0) is 25.2 Å². The number of hydrogen-bond acceptors (Lipinski definition) is 3. The van der Waals surface area contributed by atoms with E-state index in [4.69, 9.17) is 5.73 Å². The first kappa shape index (κ1) is 15.8. The van der Waals surface area contributed by atoms with Gasteiger partial charge in [0.25, 0.3) is 0 Å². The summed E-state index contributed by atoms with van der Waals surface area (Å²) in [6, 6.07) is 0. The van der Waals surface area contributed by atoms with Gasteiger partial charge < -0.3 is 15.6 Å². The zero-order valence-corrected chi connectivity index (χ0v) is 13.3. The molecule has 2 rings (SSSR count). The minimum atomic E-state index is 0.534. The molecule has 0 amide bonds. The molecule has 1 aromatic rings. The maximum atomic E-state index is 5.86. The highest BCUT2D eigenvalue weighted by atomic mass is 15.3. The molecule has 0 saturated heterocycles. The topological polar surface area (TPSA) is 81.1 Å². The van der Waals surface area contributed by atoms with E-state index in [9.17, 15) is 0 Å². The monoisotopic (exact) mass is 292 g/mol. The Hall–Kier alpha value is -1.59. The van der Waals surface area contributed by atoms with Crippen molar-refractivity contribution in [2.75, 3.05) is 13.1 Å². The van der Waals surface area contributed by atoms with E-state index in [1.54, 1.807) is 0 Å². The van der Waals surface area contributed by atoms with Crippen LogP contribution < -0.4 is 11.1 Å². The fourth-order valence-electron chi connectivity index (χ4n) is 2.53. The Morgan fingerprint density at radius 1 is 1.33 bits per heavy atom. The van der Waals surface area contributed by atoms with Crippen molar-refractivity contribution in [1.29, 1.82) is 0 Å². The molecule has 1 aliphatic heterocycles. The third-order valence-electron chi connectivity index (χ3n) is 3.83. The van der Waals surface area contributed by atoms with E-state index in [2.05, 4.69) is 38.9 Å². The summed E-state index contributed by atoms with van der Waals surface area (Å²) in [4.78, 5) is 4.33. The second-order valence-electron chi connectivity index (χ2n) is 6.12. The molecule has 0 unspecified atom stereocenters. The average Bonchev–Trinajstić information content (AvgIpc) is 2.67. The predicted molar refractivity (Wildman–Crippen MR) is 85.2 cm³/mol. The van der Waals surface area contributed by atoms with Gasteiger partial charge in [-0.25, -0.2) is 0 Å². The summed E-state index contributed by atoms with van der Waals surface area (Å²) in [7, 11) is 0. The third-order valence-corrected chi connectivity index (χ3v) is 3.83. The number of hydrogen-bond donors (Lipinski definition) is 2. The molecular weight excluding hydrogens is 264 g/mol. The van der Waals surface area contributed by atoms with Crippen molar-refractivity contribution in [1.82, 2.24) is 20.1 Å². The highest BCUT2D eigenvalue weighted by molar-refractivity contribution is 5.77. The van der Waals surface area contributed by atoms with E-state index in [0.29, 0.717) is 11.9 Å². The molecular formula is C15H28N6. The van der Waals surface area contributed by atoms with Crippen LogP contribution in [-0.2, 0) is 19.4 Å². The van der Waals surface area contributed by atoms with Crippen LogP contribution in [0.1, 0.15) is 51.2 Å². The summed E-state index contributed by atoms with van der Waals surface area (Å²) in [6.45, 7) is 6.98. The van der Waals surface area contributed by atoms with Gasteiger partial charge in [0.15, 0.2) is 5.96 Å². The van der Waals surface area contributed by atoms with Gasteiger partial charge in [-0.2, -0.15) is 0 Å². The molecule has 0 fully saturated rings. The van der Waals surface area contributed by atoms with Crippen molar-refractivity contribution in [2.45, 2.75) is 58.9 Å². The molecule has 0 spiro atoms. The molecule has 3 N–H and O–H groups in total. The van der Waals surface area contributed by atoms with Gasteiger partial charge in [-0.15, -0.1) is 10.2 Å². The second kappa shape index (κ2) is 8.00. The molecule has 118 valence electrons. The first-order chi connectivity index (χ1) is 10.2. The minimum Gasteiger partial charge on any atom is -0.370 e. The van der Waals surface area contributed by atoms with Crippen LogP contribution in [0.2, 0.25) is 0 Å². The van der Waals surface area contributed by atoms with Crippen molar-refractivity contribution in [3.05, 3.63) is 11.6 Å². The minimum absolute atomic E-state index is 0.534. The number of guanidine groups is 1. The number of aromatic nitrogens is 3. The Morgan fingerprint density at radius 3 is 3.00 bits per heavy atom. The summed E-state index contributed by atoms with van der Waals surface area (Å²) >= 11 is 0. The summed E-state index contributed by atoms with van der Waals surface area (Å²) in [6.07, 6.45) is 6.71. The fraction of sp³-hybridized carbons (Fsp3) is 0.800. The molecule has 0 bridgehead atoms. The maximum absolute atomic E-state index is 5.86. The predicted octanol–water partition coefficient (Wildman–Crippen LogP) is 1.50. The first-order valence-electron chi connectivity index (χ1n) is 8.11. The van der Waals surface area contributed by atoms with E-state index < -0.39 is 0 Å². The van der Waals surface area contributed by atoms with Crippen LogP contribution in [0.5, 0.6) is 0 Å². The number of nitrogens with one attached hydrogen (secondary N) is 1. The molecule has 0 aliphatic carbocycles. The van der Waals surface area contributed by atoms with Crippen LogP contribution in [0, 0.1) is 5.92 Å². The van der Waals surface area contributed by atoms with Crippen molar-refractivity contribution < 1.29 is 0 Å². The smallest absolute Gasteiger partial charge is 0.188 e. The molecule has 6 nitrogen and oxygen atoms in total. The maximum Gasteiger partial charge on any atom is 0.188 e. The number of nitrogens with zero attached hydrogens (tertiary/aromatic N) is 4. The fourth-order valence-corrected chi connectivity index (χ4v) is 2.53. The molecule has 1 aromatic heterocycles. The van der Waals surface area contributed by atoms with Crippen molar-refractivity contribution in [3.63, 3.8) is 0 Å².